The maximum Gasteiger partial charge on any atom is 0.161 e. The zero-order chi connectivity index (χ0) is 11.5. The maximum absolute atomic E-state index is 9.72. The molecule has 1 aromatic carbocycles. The van der Waals surface area contributed by atoms with Crippen LogP contribution in [0.15, 0.2) is 18.2 Å². The van der Waals surface area contributed by atoms with Gasteiger partial charge in [0.1, 0.15) is 6.10 Å². The van der Waals surface area contributed by atoms with Gasteiger partial charge in [0.05, 0.1) is 19.3 Å². The minimum Gasteiger partial charge on any atom is -0.490 e. The first kappa shape index (κ1) is 11.2. The topological polar surface area (TPSA) is 58.9 Å². The van der Waals surface area contributed by atoms with Gasteiger partial charge in [-0.2, -0.15) is 0 Å². The molecular weight excluding hydrogens is 208 g/mol. The Hall–Kier alpha value is -1.26. The summed E-state index contributed by atoms with van der Waals surface area (Å²) in [5.74, 6) is 1.33. The number of ether oxygens (including phenoxy) is 2. The van der Waals surface area contributed by atoms with Gasteiger partial charge in [0.25, 0.3) is 0 Å². The number of hydrogen-bond acceptors (Lipinski definition) is 4. The summed E-state index contributed by atoms with van der Waals surface area (Å²) in [5.41, 5.74) is 0.638. The number of hydrogen-bond donors (Lipinski definition) is 2. The number of fused-ring (bicyclic) bond motifs is 1. The van der Waals surface area contributed by atoms with Crippen LogP contribution in [0.5, 0.6) is 11.5 Å². The van der Waals surface area contributed by atoms with E-state index in [0.29, 0.717) is 30.3 Å². The molecular formula is C12H16O4. The van der Waals surface area contributed by atoms with Crippen molar-refractivity contribution in [1.82, 2.24) is 0 Å². The molecule has 2 N–H and O–H groups in total. The predicted octanol–water partition coefficient (Wildman–Crippen LogP) is 1.26. The second-order valence-electron chi connectivity index (χ2n) is 3.94. The molecule has 0 amide bonds. The molecule has 0 radical (unpaired) electrons. The highest BCUT2D eigenvalue weighted by Gasteiger charge is 2.17. The van der Waals surface area contributed by atoms with Crippen LogP contribution >= 0.6 is 0 Å². The molecule has 0 bridgehead atoms. The second-order valence-corrected chi connectivity index (χ2v) is 3.94. The van der Waals surface area contributed by atoms with Crippen LogP contribution in [0.2, 0.25) is 0 Å². The average Bonchev–Trinajstić information content (AvgIpc) is 2.51. The monoisotopic (exact) mass is 224 g/mol. The van der Waals surface area contributed by atoms with Crippen LogP contribution in [-0.2, 0) is 0 Å². The van der Waals surface area contributed by atoms with Crippen LogP contribution in [0.4, 0.5) is 0 Å². The molecule has 4 nitrogen and oxygen atoms in total. The summed E-state index contributed by atoms with van der Waals surface area (Å²) in [7, 11) is 0. The van der Waals surface area contributed by atoms with E-state index in [9.17, 15) is 10.2 Å². The van der Waals surface area contributed by atoms with E-state index in [1.807, 2.05) is 0 Å². The first-order valence-corrected chi connectivity index (χ1v) is 5.44. The third-order valence-electron chi connectivity index (χ3n) is 2.57. The fourth-order valence-electron chi connectivity index (χ4n) is 1.64. The van der Waals surface area contributed by atoms with Crippen LogP contribution in [0.25, 0.3) is 0 Å². The Bertz CT molecular complexity index is 362. The molecule has 0 aliphatic carbocycles. The quantitative estimate of drug-likeness (QED) is 0.794. The first-order chi connectivity index (χ1) is 7.68. The van der Waals surface area contributed by atoms with Gasteiger partial charge in [-0.1, -0.05) is 6.07 Å². The largest absolute Gasteiger partial charge is 0.490 e. The standard InChI is InChI=1S/C12H16O4/c1-8(13)12(14)9-3-4-10-11(7-9)16-6-2-5-15-10/h3-4,7-8,12-14H,2,5-6H2,1H3. The highest BCUT2D eigenvalue weighted by molar-refractivity contribution is 5.44. The normalized spacial score (nSPS) is 18.7. The zero-order valence-electron chi connectivity index (χ0n) is 9.22. The van der Waals surface area contributed by atoms with Gasteiger partial charge in [-0.25, -0.2) is 0 Å². The number of benzene rings is 1. The summed E-state index contributed by atoms with van der Waals surface area (Å²) >= 11 is 0. The number of aliphatic hydroxyl groups excluding tert-OH is 2. The molecule has 0 fully saturated rings. The summed E-state index contributed by atoms with van der Waals surface area (Å²) in [6, 6.07) is 5.23. The van der Waals surface area contributed by atoms with Crippen molar-refractivity contribution in [1.29, 1.82) is 0 Å². The Kier molecular flexibility index (Phi) is 3.31. The van der Waals surface area contributed by atoms with Crippen molar-refractivity contribution in [2.75, 3.05) is 13.2 Å². The van der Waals surface area contributed by atoms with Crippen LogP contribution in [-0.4, -0.2) is 29.5 Å². The SMILES string of the molecule is CC(O)C(O)c1ccc2c(c1)OCCCO2. The van der Waals surface area contributed by atoms with Crippen LogP contribution in [0, 0.1) is 0 Å². The molecule has 1 aliphatic heterocycles. The van der Waals surface area contributed by atoms with Crippen molar-refractivity contribution >= 4 is 0 Å². The van der Waals surface area contributed by atoms with E-state index in [1.165, 1.54) is 0 Å². The Balaban J connectivity index is 2.27. The Morgan fingerprint density at radius 1 is 1.12 bits per heavy atom. The maximum atomic E-state index is 9.72. The lowest BCUT2D eigenvalue weighted by molar-refractivity contribution is 0.0304. The van der Waals surface area contributed by atoms with E-state index in [2.05, 4.69) is 0 Å². The molecule has 1 aliphatic rings. The van der Waals surface area contributed by atoms with Gasteiger partial charge in [-0.3, -0.25) is 0 Å². The highest BCUT2D eigenvalue weighted by Crippen LogP contribution is 2.32. The fourth-order valence-corrected chi connectivity index (χ4v) is 1.64. The van der Waals surface area contributed by atoms with Crippen molar-refractivity contribution in [2.45, 2.75) is 25.6 Å². The van der Waals surface area contributed by atoms with Crippen LogP contribution in [0.1, 0.15) is 25.0 Å². The third kappa shape index (κ3) is 2.28. The summed E-state index contributed by atoms with van der Waals surface area (Å²) in [5, 5.41) is 19.0. The van der Waals surface area contributed by atoms with Crippen LogP contribution < -0.4 is 9.47 Å². The second kappa shape index (κ2) is 4.72. The van der Waals surface area contributed by atoms with Gasteiger partial charge in [-0.15, -0.1) is 0 Å². The van der Waals surface area contributed by atoms with Gasteiger partial charge in [0, 0.05) is 6.42 Å². The molecule has 16 heavy (non-hydrogen) atoms. The van der Waals surface area contributed by atoms with Gasteiger partial charge in [0.15, 0.2) is 11.5 Å². The van der Waals surface area contributed by atoms with E-state index in [-0.39, 0.29) is 0 Å². The minimum atomic E-state index is -0.892. The first-order valence-electron chi connectivity index (χ1n) is 5.44. The van der Waals surface area contributed by atoms with Gasteiger partial charge in [0.2, 0.25) is 0 Å². The van der Waals surface area contributed by atoms with Gasteiger partial charge in [-0.05, 0) is 24.6 Å². The zero-order valence-corrected chi connectivity index (χ0v) is 9.22. The lowest BCUT2D eigenvalue weighted by Crippen LogP contribution is -2.13. The van der Waals surface area contributed by atoms with Gasteiger partial charge >= 0.3 is 0 Å². The van der Waals surface area contributed by atoms with Crippen LogP contribution in [0.3, 0.4) is 0 Å². The predicted molar refractivity (Wildman–Crippen MR) is 58.7 cm³/mol. The molecule has 0 spiro atoms. The summed E-state index contributed by atoms with van der Waals surface area (Å²) < 4.78 is 11.0. The third-order valence-corrected chi connectivity index (χ3v) is 2.57. The highest BCUT2D eigenvalue weighted by atomic mass is 16.5. The molecule has 1 aromatic rings. The molecule has 88 valence electrons. The van der Waals surface area contributed by atoms with Gasteiger partial charge < -0.3 is 19.7 Å². The number of aliphatic hydroxyl groups is 2. The lowest BCUT2D eigenvalue weighted by atomic mass is 10.1. The molecule has 1 heterocycles. The molecule has 2 rings (SSSR count). The fraction of sp³-hybridized carbons (Fsp3) is 0.500. The molecule has 0 aromatic heterocycles. The molecule has 2 atom stereocenters. The van der Waals surface area contributed by atoms with E-state index >= 15 is 0 Å². The Morgan fingerprint density at radius 3 is 2.50 bits per heavy atom. The van der Waals surface area contributed by atoms with E-state index in [1.54, 1.807) is 25.1 Å². The summed E-state index contributed by atoms with van der Waals surface area (Å²) in [4.78, 5) is 0. The molecule has 0 saturated carbocycles. The molecule has 2 unspecified atom stereocenters. The number of rotatable bonds is 2. The average molecular weight is 224 g/mol. The summed E-state index contributed by atoms with van der Waals surface area (Å²) in [6.45, 7) is 2.81. The van der Waals surface area contributed by atoms with Crippen molar-refractivity contribution in [3.8, 4) is 11.5 Å². The van der Waals surface area contributed by atoms with E-state index < -0.39 is 12.2 Å². The smallest absolute Gasteiger partial charge is 0.161 e. The van der Waals surface area contributed by atoms with Crippen molar-refractivity contribution in [2.24, 2.45) is 0 Å². The molecule has 0 saturated heterocycles. The minimum absolute atomic E-state index is 0.612. The van der Waals surface area contributed by atoms with Crippen molar-refractivity contribution in [3.63, 3.8) is 0 Å². The molecule has 4 heteroatoms. The lowest BCUT2D eigenvalue weighted by Gasteiger charge is -2.16. The van der Waals surface area contributed by atoms with E-state index in [0.717, 1.165) is 6.42 Å². The van der Waals surface area contributed by atoms with Crippen molar-refractivity contribution in [3.05, 3.63) is 23.8 Å². The Morgan fingerprint density at radius 2 is 1.81 bits per heavy atom. The van der Waals surface area contributed by atoms with E-state index in [4.69, 9.17) is 9.47 Å². The Labute approximate surface area is 94.4 Å². The summed E-state index contributed by atoms with van der Waals surface area (Å²) in [6.07, 6.45) is -0.843. The van der Waals surface area contributed by atoms with Crippen molar-refractivity contribution < 1.29 is 19.7 Å².